The highest BCUT2D eigenvalue weighted by atomic mass is 35.5. The normalized spacial score (nSPS) is 15.9. The summed E-state index contributed by atoms with van der Waals surface area (Å²) in [5.74, 6) is -37.3. The van der Waals surface area contributed by atoms with E-state index in [1.54, 1.807) is 0 Å². The summed E-state index contributed by atoms with van der Waals surface area (Å²) in [4.78, 5) is 9.93. The number of carbonyl (C=O) groups excluding carboxylic acids is 1. The summed E-state index contributed by atoms with van der Waals surface area (Å²) < 4.78 is 151. The molecule has 0 atom stereocenters. The van der Waals surface area contributed by atoms with E-state index in [9.17, 15) is 57.5 Å². The second-order valence-electron chi connectivity index (χ2n) is 3.64. The monoisotopic (exact) mass is 398 g/mol. The van der Waals surface area contributed by atoms with Gasteiger partial charge in [0.1, 0.15) is 0 Å². The molecule has 22 heavy (non-hydrogen) atoms. The number of hydrogen-bond acceptors (Lipinski definition) is 1. The number of alkyl halides is 13. The van der Waals surface area contributed by atoms with Gasteiger partial charge in [-0.25, -0.2) is 0 Å². The SMILES string of the molecule is O=C(Cl)C(F)(F)C(F)(F)C(F)(F)C(F)(F)C(F)(F)C(F)(F)Cl. The van der Waals surface area contributed by atoms with E-state index < -0.39 is 40.2 Å². The maximum atomic E-state index is 12.8. The lowest BCUT2D eigenvalue weighted by Gasteiger charge is -2.39. The third-order valence-electron chi connectivity index (χ3n) is 2.18. The van der Waals surface area contributed by atoms with Gasteiger partial charge in [-0.05, 0) is 23.2 Å². The van der Waals surface area contributed by atoms with E-state index in [1.807, 2.05) is 0 Å². The molecule has 0 aromatic carbocycles. The summed E-state index contributed by atoms with van der Waals surface area (Å²) in [5.41, 5.74) is 0. The molecule has 0 unspecified atom stereocenters. The minimum atomic E-state index is -7.84. The molecule has 0 saturated carbocycles. The van der Waals surface area contributed by atoms with Crippen LogP contribution in [0.2, 0.25) is 0 Å². The average molecular weight is 399 g/mol. The molecule has 0 rings (SSSR count). The van der Waals surface area contributed by atoms with Crippen molar-refractivity contribution in [3.63, 3.8) is 0 Å². The molecule has 1 nitrogen and oxygen atoms in total. The van der Waals surface area contributed by atoms with Crippen molar-refractivity contribution in [3.05, 3.63) is 0 Å². The van der Waals surface area contributed by atoms with Gasteiger partial charge in [-0.1, -0.05) is 0 Å². The number of carbonyl (C=O) groups is 1. The molecule has 0 aromatic rings. The van der Waals surface area contributed by atoms with Crippen LogP contribution in [-0.4, -0.2) is 40.2 Å². The van der Waals surface area contributed by atoms with Crippen molar-refractivity contribution >= 4 is 28.4 Å². The fourth-order valence-corrected chi connectivity index (χ4v) is 1.13. The molecular weight excluding hydrogens is 399 g/mol. The van der Waals surface area contributed by atoms with E-state index in [-0.39, 0.29) is 0 Å². The molecular formula is C7Cl2F12O. The lowest BCUT2D eigenvalue weighted by Crippen LogP contribution is -2.70. The predicted octanol–water partition coefficient (Wildman–Crippen LogP) is 4.76. The molecule has 0 spiro atoms. The van der Waals surface area contributed by atoms with Crippen molar-refractivity contribution < 1.29 is 57.5 Å². The van der Waals surface area contributed by atoms with Gasteiger partial charge >= 0.3 is 35.0 Å². The maximum Gasteiger partial charge on any atom is 0.393 e. The standard InChI is InChI=1S/C7Cl2F12O/c8-1(22)2(10,11)3(12,13)4(14,15)5(16,17)6(18,19)7(9,20)21. The summed E-state index contributed by atoms with van der Waals surface area (Å²) in [6, 6.07) is 0. The van der Waals surface area contributed by atoms with Crippen LogP contribution in [0.25, 0.3) is 0 Å². The van der Waals surface area contributed by atoms with Crippen molar-refractivity contribution in [2.75, 3.05) is 0 Å². The zero-order chi connectivity index (χ0) is 18.6. The van der Waals surface area contributed by atoms with Crippen LogP contribution in [-0.2, 0) is 4.79 Å². The van der Waals surface area contributed by atoms with Crippen LogP contribution in [0.3, 0.4) is 0 Å². The average Bonchev–Trinajstić information content (AvgIpc) is 2.25. The second-order valence-corrected chi connectivity index (χ2v) is 4.46. The first-order valence-electron chi connectivity index (χ1n) is 4.35. The van der Waals surface area contributed by atoms with Crippen LogP contribution in [0.4, 0.5) is 52.7 Å². The first-order valence-corrected chi connectivity index (χ1v) is 5.11. The van der Waals surface area contributed by atoms with Crippen LogP contribution in [0.1, 0.15) is 0 Å². The van der Waals surface area contributed by atoms with Gasteiger partial charge < -0.3 is 0 Å². The maximum absolute atomic E-state index is 12.8. The zero-order valence-electron chi connectivity index (χ0n) is 9.20. The highest BCUT2D eigenvalue weighted by Gasteiger charge is 2.90. The summed E-state index contributed by atoms with van der Waals surface area (Å²) in [7, 11) is 0. The lowest BCUT2D eigenvalue weighted by molar-refractivity contribution is -0.410. The molecule has 15 heteroatoms. The van der Waals surface area contributed by atoms with E-state index in [0.29, 0.717) is 0 Å². The van der Waals surface area contributed by atoms with E-state index in [1.165, 1.54) is 0 Å². The van der Waals surface area contributed by atoms with E-state index >= 15 is 0 Å². The minimum Gasteiger partial charge on any atom is -0.274 e. The van der Waals surface area contributed by atoms with Crippen LogP contribution >= 0.6 is 23.2 Å². The molecule has 0 heterocycles. The van der Waals surface area contributed by atoms with Gasteiger partial charge in [0.2, 0.25) is 0 Å². The summed E-state index contributed by atoms with van der Waals surface area (Å²) in [5, 5.41) is -10.1. The van der Waals surface area contributed by atoms with Crippen molar-refractivity contribution in [1.29, 1.82) is 0 Å². The Labute approximate surface area is 122 Å². The predicted molar refractivity (Wildman–Crippen MR) is 46.4 cm³/mol. The smallest absolute Gasteiger partial charge is 0.274 e. The Morgan fingerprint density at radius 2 is 0.864 bits per heavy atom. The van der Waals surface area contributed by atoms with Crippen molar-refractivity contribution in [2.24, 2.45) is 0 Å². The highest BCUT2D eigenvalue weighted by Crippen LogP contribution is 2.60. The summed E-state index contributed by atoms with van der Waals surface area (Å²) >= 11 is 7.23. The Morgan fingerprint density at radius 3 is 1.09 bits per heavy atom. The topological polar surface area (TPSA) is 17.1 Å². The Morgan fingerprint density at radius 1 is 0.591 bits per heavy atom. The van der Waals surface area contributed by atoms with Crippen LogP contribution in [0.15, 0.2) is 0 Å². The first kappa shape index (κ1) is 21.4. The molecule has 0 aliphatic rings. The van der Waals surface area contributed by atoms with E-state index in [0.717, 1.165) is 0 Å². The molecule has 0 amide bonds. The van der Waals surface area contributed by atoms with Gasteiger partial charge in [-0.2, -0.15) is 52.7 Å². The molecule has 132 valence electrons. The van der Waals surface area contributed by atoms with Gasteiger partial charge in [0.15, 0.2) is 0 Å². The van der Waals surface area contributed by atoms with Gasteiger partial charge in [-0.15, -0.1) is 0 Å². The third kappa shape index (κ3) is 2.59. The Bertz CT molecular complexity index is 453. The Hall–Kier alpha value is -0.590. The van der Waals surface area contributed by atoms with E-state index in [2.05, 4.69) is 23.2 Å². The van der Waals surface area contributed by atoms with Crippen LogP contribution < -0.4 is 0 Å². The highest BCUT2D eigenvalue weighted by molar-refractivity contribution is 6.65. The first-order chi connectivity index (χ1) is 9.19. The van der Waals surface area contributed by atoms with Gasteiger partial charge in [0, 0.05) is 0 Å². The number of hydrogen-bond donors (Lipinski definition) is 0. The van der Waals surface area contributed by atoms with E-state index in [4.69, 9.17) is 0 Å². The molecule has 0 aliphatic carbocycles. The zero-order valence-corrected chi connectivity index (χ0v) is 10.7. The van der Waals surface area contributed by atoms with Crippen molar-refractivity contribution in [2.45, 2.75) is 35.0 Å². The molecule has 0 aliphatic heterocycles. The van der Waals surface area contributed by atoms with Gasteiger partial charge in [0.05, 0.1) is 0 Å². The molecule has 0 bridgehead atoms. The summed E-state index contributed by atoms with van der Waals surface area (Å²) in [6.45, 7) is 0. The largest absolute Gasteiger partial charge is 0.393 e. The molecule has 0 saturated heterocycles. The molecule has 0 aromatic heterocycles. The molecule has 0 fully saturated rings. The quantitative estimate of drug-likeness (QED) is 0.358. The number of rotatable bonds is 6. The summed E-state index contributed by atoms with van der Waals surface area (Å²) in [6.07, 6.45) is 0. The second kappa shape index (κ2) is 5.21. The molecule has 0 N–H and O–H groups in total. The van der Waals surface area contributed by atoms with Crippen molar-refractivity contribution in [1.82, 2.24) is 0 Å². The lowest BCUT2D eigenvalue weighted by atomic mass is 9.95. The third-order valence-corrected chi connectivity index (χ3v) is 2.65. The van der Waals surface area contributed by atoms with Gasteiger partial charge in [-0.3, -0.25) is 4.79 Å². The Kier molecular flexibility index (Phi) is 5.07. The fraction of sp³-hybridized carbons (Fsp3) is 0.857. The van der Waals surface area contributed by atoms with Crippen LogP contribution in [0.5, 0.6) is 0 Å². The molecule has 0 radical (unpaired) electrons. The minimum absolute atomic E-state index is 3.42. The number of halogens is 14. The van der Waals surface area contributed by atoms with Crippen LogP contribution in [0, 0.1) is 0 Å². The fourth-order valence-electron chi connectivity index (χ4n) is 0.893. The van der Waals surface area contributed by atoms with Crippen molar-refractivity contribution in [3.8, 4) is 0 Å². The Balaban J connectivity index is 6.29. The van der Waals surface area contributed by atoms with Gasteiger partial charge in [0.25, 0.3) is 5.24 Å².